The minimum absolute atomic E-state index is 0.0433. The molecule has 0 bridgehead atoms. The van der Waals surface area contributed by atoms with Crippen LogP contribution in [0.5, 0.6) is 0 Å². The molecule has 1 aliphatic carbocycles. The van der Waals surface area contributed by atoms with Gasteiger partial charge < -0.3 is 15.0 Å². The number of nitrogens with one attached hydrogen (secondary N) is 1. The summed E-state index contributed by atoms with van der Waals surface area (Å²) in [6.07, 6.45) is 2.07. The first-order valence-electron chi connectivity index (χ1n) is 9.26. The molecule has 4 rings (SSSR count). The predicted molar refractivity (Wildman–Crippen MR) is 107 cm³/mol. The monoisotopic (exact) mass is 422 g/mol. The molecule has 0 unspecified atom stereocenters. The number of benzene rings is 1. The summed E-state index contributed by atoms with van der Waals surface area (Å²) in [6, 6.07) is 5.84. The highest BCUT2D eigenvalue weighted by molar-refractivity contribution is 7.14. The van der Waals surface area contributed by atoms with E-state index in [4.69, 9.17) is 16.3 Å². The minimum atomic E-state index is -0.443. The van der Waals surface area contributed by atoms with Crippen molar-refractivity contribution in [3.63, 3.8) is 0 Å². The Morgan fingerprint density at radius 1 is 1.25 bits per heavy atom. The number of rotatable bonds is 3. The average molecular weight is 423 g/mol. The third-order valence-electron chi connectivity index (χ3n) is 5.15. The van der Waals surface area contributed by atoms with Crippen molar-refractivity contribution in [1.82, 2.24) is 4.90 Å². The number of nitrogens with zero attached hydrogens (tertiary/aromatic N) is 1. The third-order valence-corrected chi connectivity index (χ3v) is 6.69. The van der Waals surface area contributed by atoms with Crippen molar-refractivity contribution in [2.45, 2.75) is 19.3 Å². The smallest absolute Gasteiger partial charge is 0.264 e. The van der Waals surface area contributed by atoms with E-state index in [1.54, 1.807) is 0 Å². The molecular formula is C20H20ClFN2O3S. The Morgan fingerprint density at radius 2 is 2.04 bits per heavy atom. The third kappa shape index (κ3) is 4.06. The normalized spacial score (nSPS) is 19.2. The fraction of sp³-hybridized carbons (Fsp3) is 0.400. The lowest BCUT2D eigenvalue weighted by molar-refractivity contribution is -0.120. The van der Waals surface area contributed by atoms with Crippen molar-refractivity contribution in [2.75, 3.05) is 31.6 Å². The summed E-state index contributed by atoms with van der Waals surface area (Å²) in [5.41, 5.74) is 1.48. The molecule has 0 saturated carbocycles. The number of thiophene rings is 1. The lowest BCUT2D eigenvalue weighted by Gasteiger charge is -2.26. The van der Waals surface area contributed by atoms with E-state index in [2.05, 4.69) is 5.32 Å². The van der Waals surface area contributed by atoms with Gasteiger partial charge in [-0.3, -0.25) is 9.59 Å². The van der Waals surface area contributed by atoms with Crippen molar-refractivity contribution in [3.8, 4) is 0 Å². The first kappa shape index (κ1) is 19.4. The fourth-order valence-electron chi connectivity index (χ4n) is 3.60. The van der Waals surface area contributed by atoms with Gasteiger partial charge in [-0.15, -0.1) is 11.3 Å². The second kappa shape index (κ2) is 8.19. The Hall–Kier alpha value is -1.96. The number of carbonyl (C=O) groups excluding carboxylic acids is 2. The first-order valence-corrected chi connectivity index (χ1v) is 10.4. The van der Waals surface area contributed by atoms with E-state index in [0.29, 0.717) is 44.8 Å². The molecular weight excluding hydrogens is 403 g/mol. The van der Waals surface area contributed by atoms with Gasteiger partial charge >= 0.3 is 0 Å². The number of morpholine rings is 1. The summed E-state index contributed by atoms with van der Waals surface area (Å²) < 4.78 is 18.5. The van der Waals surface area contributed by atoms with Crippen LogP contribution in [-0.4, -0.2) is 43.0 Å². The molecule has 1 aromatic carbocycles. The molecule has 1 saturated heterocycles. The van der Waals surface area contributed by atoms with Gasteiger partial charge in [-0.2, -0.15) is 0 Å². The van der Waals surface area contributed by atoms with Crippen LogP contribution in [-0.2, 0) is 22.4 Å². The molecule has 1 aliphatic heterocycles. The van der Waals surface area contributed by atoms with Crippen molar-refractivity contribution < 1.29 is 18.7 Å². The standard InChI is InChI=1S/C20H20ClFN2O3S/c21-15-11-14(22)2-3-16(15)23-19(25)12-1-4-17-13(9-12)10-18(28-17)20(26)24-5-7-27-8-6-24/h2-3,10-12H,1,4-9H2,(H,23,25)/t12-/m0/s1. The summed E-state index contributed by atoms with van der Waals surface area (Å²) in [4.78, 5) is 29.1. The van der Waals surface area contributed by atoms with Crippen molar-refractivity contribution in [3.05, 3.63) is 50.4 Å². The van der Waals surface area contributed by atoms with E-state index in [1.807, 2.05) is 11.0 Å². The number of amides is 2. The summed E-state index contributed by atoms with van der Waals surface area (Å²) in [5, 5.41) is 2.98. The van der Waals surface area contributed by atoms with Crippen LogP contribution in [0.4, 0.5) is 10.1 Å². The summed E-state index contributed by atoms with van der Waals surface area (Å²) in [6.45, 7) is 2.38. The Labute approximate surface area is 171 Å². The molecule has 2 amide bonds. The number of anilines is 1. The lowest BCUT2D eigenvalue weighted by atomic mass is 9.87. The summed E-state index contributed by atoms with van der Waals surface area (Å²) >= 11 is 7.53. The molecule has 1 atom stereocenters. The molecule has 2 aliphatic rings. The second-order valence-corrected chi connectivity index (χ2v) is 8.56. The number of hydrogen-bond donors (Lipinski definition) is 1. The maximum atomic E-state index is 13.2. The minimum Gasteiger partial charge on any atom is -0.378 e. The molecule has 5 nitrogen and oxygen atoms in total. The molecule has 1 N–H and O–H groups in total. The number of carbonyl (C=O) groups is 2. The Morgan fingerprint density at radius 3 is 2.79 bits per heavy atom. The van der Waals surface area contributed by atoms with E-state index >= 15 is 0 Å². The first-order chi connectivity index (χ1) is 13.5. The molecule has 1 aromatic heterocycles. The van der Waals surface area contributed by atoms with Crippen LogP contribution in [0.2, 0.25) is 5.02 Å². The van der Waals surface area contributed by atoms with Crippen LogP contribution in [0.25, 0.3) is 0 Å². The summed E-state index contributed by atoms with van der Waals surface area (Å²) in [5.74, 6) is -0.733. The van der Waals surface area contributed by atoms with Gasteiger partial charge in [-0.25, -0.2) is 4.39 Å². The Kier molecular flexibility index (Phi) is 5.66. The lowest BCUT2D eigenvalue weighted by Crippen LogP contribution is -2.40. The van der Waals surface area contributed by atoms with Crippen LogP contribution in [0.15, 0.2) is 24.3 Å². The zero-order chi connectivity index (χ0) is 19.7. The topological polar surface area (TPSA) is 58.6 Å². The van der Waals surface area contributed by atoms with Gasteiger partial charge in [0.25, 0.3) is 5.91 Å². The zero-order valence-corrected chi connectivity index (χ0v) is 16.7. The molecule has 148 valence electrons. The SMILES string of the molecule is O=C(Nc1ccc(F)cc1Cl)[C@H]1CCc2sc(C(=O)N3CCOCC3)cc2C1. The van der Waals surface area contributed by atoms with Gasteiger partial charge in [0.1, 0.15) is 5.82 Å². The van der Waals surface area contributed by atoms with Gasteiger partial charge in [0.15, 0.2) is 0 Å². The highest BCUT2D eigenvalue weighted by atomic mass is 35.5. The summed E-state index contributed by atoms with van der Waals surface area (Å²) in [7, 11) is 0. The average Bonchev–Trinajstić information content (AvgIpc) is 3.13. The van der Waals surface area contributed by atoms with Crippen molar-refractivity contribution in [2.24, 2.45) is 5.92 Å². The number of ether oxygens (including phenoxy) is 1. The van der Waals surface area contributed by atoms with Gasteiger partial charge in [-0.05, 0) is 49.1 Å². The molecule has 0 spiro atoms. The molecule has 1 fully saturated rings. The molecule has 8 heteroatoms. The Balaban J connectivity index is 1.43. The van der Waals surface area contributed by atoms with E-state index in [0.717, 1.165) is 16.9 Å². The number of hydrogen-bond acceptors (Lipinski definition) is 4. The van der Waals surface area contributed by atoms with E-state index < -0.39 is 5.82 Å². The largest absolute Gasteiger partial charge is 0.378 e. The highest BCUT2D eigenvalue weighted by Crippen LogP contribution is 2.34. The van der Waals surface area contributed by atoms with Crippen LogP contribution in [0.3, 0.4) is 0 Å². The number of fused-ring (bicyclic) bond motifs is 1. The van der Waals surface area contributed by atoms with Gasteiger partial charge in [0, 0.05) is 23.9 Å². The van der Waals surface area contributed by atoms with Crippen LogP contribution in [0.1, 0.15) is 26.5 Å². The number of halogens is 2. The van der Waals surface area contributed by atoms with Crippen LogP contribution in [0, 0.1) is 11.7 Å². The highest BCUT2D eigenvalue weighted by Gasteiger charge is 2.29. The van der Waals surface area contributed by atoms with Crippen LogP contribution >= 0.6 is 22.9 Å². The molecule has 28 heavy (non-hydrogen) atoms. The Bertz CT molecular complexity index is 911. The quantitative estimate of drug-likeness (QED) is 0.819. The van der Waals surface area contributed by atoms with Crippen LogP contribution < -0.4 is 5.32 Å². The zero-order valence-electron chi connectivity index (χ0n) is 15.2. The number of aryl methyl sites for hydroxylation is 1. The molecule has 0 radical (unpaired) electrons. The van der Waals surface area contributed by atoms with E-state index in [-0.39, 0.29) is 22.8 Å². The maximum absolute atomic E-state index is 13.2. The van der Waals surface area contributed by atoms with Gasteiger partial charge in [0.2, 0.25) is 5.91 Å². The van der Waals surface area contributed by atoms with Crippen molar-refractivity contribution >= 4 is 40.4 Å². The second-order valence-electron chi connectivity index (χ2n) is 7.02. The molecule has 2 aromatic rings. The van der Waals surface area contributed by atoms with Gasteiger partial charge in [-0.1, -0.05) is 11.6 Å². The fourth-order valence-corrected chi connectivity index (χ4v) is 4.99. The predicted octanol–water partition coefficient (Wildman–Crippen LogP) is 3.76. The van der Waals surface area contributed by atoms with E-state index in [9.17, 15) is 14.0 Å². The van der Waals surface area contributed by atoms with Crippen molar-refractivity contribution in [1.29, 1.82) is 0 Å². The molecule has 2 heterocycles. The maximum Gasteiger partial charge on any atom is 0.264 e. The van der Waals surface area contributed by atoms with E-state index in [1.165, 1.54) is 34.4 Å². The van der Waals surface area contributed by atoms with Gasteiger partial charge in [0.05, 0.1) is 28.8 Å².